The number of aromatic nitrogens is 2. The van der Waals surface area contributed by atoms with Crippen LogP contribution in [0.1, 0.15) is 41.1 Å². The number of nitrogens with zero attached hydrogens (tertiary/aromatic N) is 2. The maximum Gasteiger partial charge on any atom is 0.228 e. The van der Waals surface area contributed by atoms with Gasteiger partial charge in [0.25, 0.3) is 0 Å². The maximum absolute atomic E-state index is 12.0. The highest BCUT2D eigenvalue weighted by atomic mass is 35.5. The van der Waals surface area contributed by atoms with Gasteiger partial charge in [0.2, 0.25) is 5.91 Å². The highest BCUT2D eigenvalue weighted by molar-refractivity contribution is 6.31. The summed E-state index contributed by atoms with van der Waals surface area (Å²) in [7, 11) is 0. The average molecular weight is 392 g/mol. The number of benzene rings is 2. The Kier molecular flexibility index (Phi) is 5.14. The highest BCUT2D eigenvalue weighted by Gasteiger charge is 2.50. The Labute approximate surface area is 169 Å². The lowest BCUT2D eigenvalue weighted by atomic mass is 9.88. The van der Waals surface area contributed by atoms with E-state index in [-0.39, 0.29) is 5.91 Å². The second-order valence-electron chi connectivity index (χ2n) is 7.35. The molecular formula is C23H22ClN3O. The molecule has 1 aliphatic carbocycles. The van der Waals surface area contributed by atoms with E-state index >= 15 is 0 Å². The van der Waals surface area contributed by atoms with Gasteiger partial charge in [-0.3, -0.25) is 4.79 Å². The van der Waals surface area contributed by atoms with Gasteiger partial charge in [-0.25, -0.2) is 9.97 Å². The van der Waals surface area contributed by atoms with E-state index in [1.807, 2.05) is 36.4 Å². The third-order valence-electron chi connectivity index (χ3n) is 5.46. The van der Waals surface area contributed by atoms with E-state index in [9.17, 15) is 4.79 Å². The molecule has 2 aromatic carbocycles. The summed E-state index contributed by atoms with van der Waals surface area (Å²) in [5.41, 5.74) is 9.39. The molecular weight excluding hydrogens is 370 g/mol. The minimum absolute atomic E-state index is 0.231. The number of aryl methyl sites for hydroxylation is 2. The molecule has 1 saturated carbocycles. The van der Waals surface area contributed by atoms with Crippen molar-refractivity contribution in [2.75, 3.05) is 0 Å². The first-order chi connectivity index (χ1) is 13.6. The van der Waals surface area contributed by atoms with Crippen LogP contribution in [0.5, 0.6) is 0 Å². The van der Waals surface area contributed by atoms with Crippen LogP contribution < -0.4 is 5.73 Å². The highest BCUT2D eigenvalue weighted by Crippen LogP contribution is 2.49. The fourth-order valence-electron chi connectivity index (χ4n) is 3.71. The molecule has 0 saturated heterocycles. The molecule has 0 bridgehead atoms. The first kappa shape index (κ1) is 18.6. The lowest BCUT2D eigenvalue weighted by Gasteiger charge is -2.16. The maximum atomic E-state index is 12.0. The molecule has 5 heteroatoms. The van der Waals surface area contributed by atoms with Gasteiger partial charge in [0.15, 0.2) is 0 Å². The van der Waals surface area contributed by atoms with Crippen LogP contribution in [0.4, 0.5) is 0 Å². The standard InChI is InChI=1S/C23H22ClN3O/c24-19-15-26-21(14-16-6-2-1-3-7-16)27-20(19)11-10-17-8-4-5-9-18(17)23(12-13-23)22(25)28/h1-9,15H,10-14H2,(H2,25,28). The van der Waals surface area contributed by atoms with Crippen molar-refractivity contribution in [3.05, 3.63) is 94.0 Å². The SMILES string of the molecule is NC(=O)C1(c2ccccc2CCc2nc(Cc3ccccc3)ncc2Cl)CC1. The average Bonchev–Trinajstić information content (AvgIpc) is 3.51. The van der Waals surface area contributed by atoms with Gasteiger partial charge in [-0.2, -0.15) is 0 Å². The number of hydrogen-bond acceptors (Lipinski definition) is 3. The molecule has 3 aromatic rings. The summed E-state index contributed by atoms with van der Waals surface area (Å²) in [6.07, 6.45) is 5.46. The smallest absolute Gasteiger partial charge is 0.228 e. The lowest BCUT2D eigenvalue weighted by molar-refractivity contribution is -0.120. The zero-order chi connectivity index (χ0) is 19.6. The van der Waals surface area contributed by atoms with Gasteiger partial charge in [0.05, 0.1) is 16.1 Å². The second-order valence-corrected chi connectivity index (χ2v) is 7.75. The number of primary amides is 1. The number of halogens is 1. The number of carbonyl (C=O) groups excluding carboxylic acids is 1. The number of amides is 1. The molecule has 0 spiro atoms. The van der Waals surface area contributed by atoms with Gasteiger partial charge in [-0.15, -0.1) is 0 Å². The number of carbonyl (C=O) groups is 1. The summed E-state index contributed by atoms with van der Waals surface area (Å²) in [6.45, 7) is 0. The summed E-state index contributed by atoms with van der Waals surface area (Å²) in [4.78, 5) is 21.0. The van der Waals surface area contributed by atoms with Crippen molar-refractivity contribution in [1.29, 1.82) is 0 Å². The molecule has 2 N–H and O–H groups in total. The van der Waals surface area contributed by atoms with Crippen molar-refractivity contribution in [2.45, 2.75) is 37.5 Å². The van der Waals surface area contributed by atoms with E-state index < -0.39 is 5.41 Å². The molecule has 142 valence electrons. The van der Waals surface area contributed by atoms with Crippen LogP contribution >= 0.6 is 11.6 Å². The predicted octanol–water partition coefficient (Wildman–Crippen LogP) is 4.02. The summed E-state index contributed by atoms with van der Waals surface area (Å²) >= 11 is 6.36. The van der Waals surface area contributed by atoms with Gasteiger partial charge in [-0.1, -0.05) is 66.2 Å². The minimum Gasteiger partial charge on any atom is -0.369 e. The van der Waals surface area contributed by atoms with E-state index in [1.54, 1.807) is 6.20 Å². The van der Waals surface area contributed by atoms with Crippen LogP contribution in [-0.2, 0) is 29.5 Å². The topological polar surface area (TPSA) is 68.9 Å². The molecule has 1 amide bonds. The van der Waals surface area contributed by atoms with Crippen molar-refractivity contribution in [2.24, 2.45) is 5.73 Å². The Balaban J connectivity index is 1.53. The molecule has 1 fully saturated rings. The Morgan fingerprint density at radius 1 is 1.04 bits per heavy atom. The van der Waals surface area contributed by atoms with Crippen LogP contribution in [0.2, 0.25) is 5.02 Å². The van der Waals surface area contributed by atoms with E-state index in [4.69, 9.17) is 22.3 Å². The number of rotatable bonds is 7. The van der Waals surface area contributed by atoms with E-state index in [1.165, 1.54) is 5.56 Å². The molecule has 1 aromatic heterocycles. The zero-order valence-corrected chi connectivity index (χ0v) is 16.3. The van der Waals surface area contributed by atoms with Crippen LogP contribution in [0.3, 0.4) is 0 Å². The summed E-state index contributed by atoms with van der Waals surface area (Å²) in [5, 5.41) is 0.574. The van der Waals surface area contributed by atoms with Crippen molar-refractivity contribution < 1.29 is 4.79 Å². The first-order valence-electron chi connectivity index (χ1n) is 9.51. The van der Waals surface area contributed by atoms with Gasteiger partial charge in [-0.05, 0) is 42.4 Å². The Morgan fingerprint density at radius 2 is 1.75 bits per heavy atom. The molecule has 0 unspecified atom stereocenters. The van der Waals surface area contributed by atoms with Crippen molar-refractivity contribution in [3.8, 4) is 0 Å². The third kappa shape index (κ3) is 3.78. The molecule has 0 radical (unpaired) electrons. The van der Waals surface area contributed by atoms with E-state index in [0.717, 1.165) is 41.9 Å². The third-order valence-corrected chi connectivity index (χ3v) is 5.77. The fourth-order valence-corrected chi connectivity index (χ4v) is 3.90. The van der Waals surface area contributed by atoms with Crippen LogP contribution in [0.25, 0.3) is 0 Å². The van der Waals surface area contributed by atoms with Gasteiger partial charge in [0.1, 0.15) is 5.82 Å². The van der Waals surface area contributed by atoms with Gasteiger partial charge in [0, 0.05) is 12.6 Å². The Morgan fingerprint density at radius 3 is 2.46 bits per heavy atom. The lowest BCUT2D eigenvalue weighted by Crippen LogP contribution is -2.29. The van der Waals surface area contributed by atoms with Crippen molar-refractivity contribution >= 4 is 17.5 Å². The van der Waals surface area contributed by atoms with Crippen molar-refractivity contribution in [3.63, 3.8) is 0 Å². The fraction of sp³-hybridized carbons (Fsp3) is 0.261. The monoisotopic (exact) mass is 391 g/mol. The first-order valence-corrected chi connectivity index (χ1v) is 9.89. The summed E-state index contributed by atoms with van der Waals surface area (Å²) in [6, 6.07) is 18.2. The number of nitrogens with two attached hydrogens (primary N) is 1. The molecule has 28 heavy (non-hydrogen) atoms. The normalized spacial score (nSPS) is 14.6. The molecule has 4 nitrogen and oxygen atoms in total. The molecule has 0 aliphatic heterocycles. The van der Waals surface area contributed by atoms with E-state index in [2.05, 4.69) is 23.2 Å². The zero-order valence-electron chi connectivity index (χ0n) is 15.6. The van der Waals surface area contributed by atoms with E-state index in [0.29, 0.717) is 17.9 Å². The molecule has 1 heterocycles. The molecule has 4 rings (SSSR count). The predicted molar refractivity (Wildman–Crippen MR) is 110 cm³/mol. The Hall–Kier alpha value is -2.72. The Bertz CT molecular complexity index is 1000. The van der Waals surface area contributed by atoms with Crippen LogP contribution in [-0.4, -0.2) is 15.9 Å². The van der Waals surface area contributed by atoms with Gasteiger partial charge < -0.3 is 5.73 Å². The van der Waals surface area contributed by atoms with Crippen molar-refractivity contribution in [1.82, 2.24) is 9.97 Å². The quantitative estimate of drug-likeness (QED) is 0.661. The molecule has 0 atom stereocenters. The summed E-state index contributed by atoms with van der Waals surface area (Å²) in [5.74, 6) is 0.528. The number of hydrogen-bond donors (Lipinski definition) is 1. The summed E-state index contributed by atoms with van der Waals surface area (Å²) < 4.78 is 0. The second kappa shape index (κ2) is 7.72. The van der Waals surface area contributed by atoms with Crippen LogP contribution in [0.15, 0.2) is 60.8 Å². The minimum atomic E-state index is -0.482. The molecule has 1 aliphatic rings. The van der Waals surface area contributed by atoms with Crippen LogP contribution in [0, 0.1) is 0 Å². The largest absolute Gasteiger partial charge is 0.369 e. The van der Waals surface area contributed by atoms with Gasteiger partial charge >= 0.3 is 0 Å².